The van der Waals surface area contributed by atoms with Crippen LogP contribution in [0.5, 0.6) is 0 Å². The van der Waals surface area contributed by atoms with Gasteiger partial charge in [-0.3, -0.25) is 4.98 Å². The second-order valence-electron chi connectivity index (χ2n) is 7.85. The maximum absolute atomic E-state index is 12.1. The summed E-state index contributed by atoms with van der Waals surface area (Å²) in [5.41, 5.74) is 0.641. The first-order valence-corrected chi connectivity index (χ1v) is 10.5. The lowest BCUT2D eigenvalue weighted by Crippen LogP contribution is -2.22. The molecule has 3 rings (SSSR count). The van der Waals surface area contributed by atoms with Crippen molar-refractivity contribution in [1.82, 2.24) is 4.98 Å². The Hall–Kier alpha value is -2.67. The maximum atomic E-state index is 12.1. The van der Waals surface area contributed by atoms with E-state index in [-0.39, 0.29) is 30.7 Å². The third kappa shape index (κ3) is 6.69. The molecule has 0 bridgehead atoms. The molecule has 7 heteroatoms. The second kappa shape index (κ2) is 10.9. The van der Waals surface area contributed by atoms with Crippen molar-refractivity contribution in [2.45, 2.75) is 63.9 Å². The van der Waals surface area contributed by atoms with Crippen LogP contribution in [0.1, 0.15) is 44.7 Å². The van der Waals surface area contributed by atoms with Gasteiger partial charge in [-0.05, 0) is 69.1 Å². The zero-order valence-corrected chi connectivity index (χ0v) is 17.2. The number of ether oxygens (including phenoxy) is 3. The SMILES string of the molecule is C[C@H]1CCC/C=C/[C@@H]2C[C@H](OC(=O)OCc3ccccn3)C[C@H]2[C@H](O)C=CC(=O)O1. The molecule has 5 atom stereocenters. The van der Waals surface area contributed by atoms with Gasteiger partial charge in [0.25, 0.3) is 0 Å². The molecule has 1 N–H and O–H groups in total. The van der Waals surface area contributed by atoms with Crippen molar-refractivity contribution >= 4 is 12.1 Å². The summed E-state index contributed by atoms with van der Waals surface area (Å²) in [6, 6.07) is 5.37. The number of carbonyl (C=O) groups excluding carboxylic acids is 2. The molecule has 1 fully saturated rings. The lowest BCUT2D eigenvalue weighted by atomic mass is 9.90. The molecule has 1 saturated carbocycles. The van der Waals surface area contributed by atoms with Gasteiger partial charge in [0.2, 0.25) is 0 Å². The van der Waals surface area contributed by atoms with E-state index in [2.05, 4.69) is 17.1 Å². The first kappa shape index (κ1) is 22.0. The normalized spacial score (nSPS) is 30.7. The number of aliphatic hydroxyl groups is 1. The van der Waals surface area contributed by atoms with Gasteiger partial charge in [-0.25, -0.2) is 9.59 Å². The minimum absolute atomic E-state index is 0.0467. The van der Waals surface area contributed by atoms with Gasteiger partial charge in [0.05, 0.1) is 17.9 Å². The smallest absolute Gasteiger partial charge is 0.460 e. The van der Waals surface area contributed by atoms with Gasteiger partial charge in [-0.1, -0.05) is 18.2 Å². The van der Waals surface area contributed by atoms with Crippen LogP contribution >= 0.6 is 0 Å². The number of aliphatic hydroxyl groups excluding tert-OH is 1. The zero-order chi connectivity index (χ0) is 21.3. The Morgan fingerprint density at radius 1 is 1.30 bits per heavy atom. The number of aromatic nitrogens is 1. The number of hydrogen-bond acceptors (Lipinski definition) is 7. The van der Waals surface area contributed by atoms with Crippen molar-refractivity contribution in [2.24, 2.45) is 11.8 Å². The number of fused-ring (bicyclic) bond motifs is 1. The van der Waals surface area contributed by atoms with Gasteiger partial charge >= 0.3 is 12.1 Å². The summed E-state index contributed by atoms with van der Waals surface area (Å²) in [6.45, 7) is 1.92. The van der Waals surface area contributed by atoms with Crippen molar-refractivity contribution in [3.8, 4) is 0 Å². The van der Waals surface area contributed by atoms with Crippen LogP contribution in [-0.2, 0) is 25.6 Å². The Morgan fingerprint density at radius 2 is 2.17 bits per heavy atom. The molecule has 2 aliphatic rings. The van der Waals surface area contributed by atoms with Crippen LogP contribution in [0.4, 0.5) is 4.79 Å². The predicted molar refractivity (Wildman–Crippen MR) is 109 cm³/mol. The Kier molecular flexibility index (Phi) is 8.02. The summed E-state index contributed by atoms with van der Waals surface area (Å²) >= 11 is 0. The summed E-state index contributed by atoms with van der Waals surface area (Å²) in [7, 11) is 0. The highest BCUT2D eigenvalue weighted by atomic mass is 16.7. The van der Waals surface area contributed by atoms with Gasteiger partial charge in [0, 0.05) is 12.3 Å². The molecule has 7 nitrogen and oxygen atoms in total. The third-order valence-electron chi connectivity index (χ3n) is 5.50. The fraction of sp³-hybridized carbons (Fsp3) is 0.522. The first-order chi connectivity index (χ1) is 14.5. The Bertz CT molecular complexity index is 762. The van der Waals surface area contributed by atoms with Crippen molar-refractivity contribution in [2.75, 3.05) is 0 Å². The summed E-state index contributed by atoms with van der Waals surface area (Å²) in [5, 5.41) is 10.6. The summed E-state index contributed by atoms with van der Waals surface area (Å²) in [4.78, 5) is 28.1. The number of esters is 1. The van der Waals surface area contributed by atoms with Crippen molar-refractivity contribution in [3.05, 3.63) is 54.4 Å². The number of pyridine rings is 1. The Labute approximate surface area is 176 Å². The summed E-state index contributed by atoms with van der Waals surface area (Å²) < 4.78 is 15.9. The monoisotopic (exact) mass is 415 g/mol. The molecule has 0 saturated heterocycles. The largest absolute Gasteiger partial charge is 0.508 e. The predicted octanol–water partition coefficient (Wildman–Crippen LogP) is 3.72. The topological polar surface area (TPSA) is 95.0 Å². The van der Waals surface area contributed by atoms with Crippen molar-refractivity contribution in [3.63, 3.8) is 0 Å². The van der Waals surface area contributed by atoms with Crippen LogP contribution in [0, 0.1) is 11.8 Å². The van der Waals surface area contributed by atoms with E-state index in [0.29, 0.717) is 18.5 Å². The van der Waals surface area contributed by atoms with Gasteiger partial charge in [-0.2, -0.15) is 0 Å². The van der Waals surface area contributed by atoms with Gasteiger partial charge in [-0.15, -0.1) is 0 Å². The molecule has 0 spiro atoms. The Balaban J connectivity index is 1.58. The second-order valence-corrected chi connectivity index (χ2v) is 7.85. The van der Waals surface area contributed by atoms with Crippen molar-refractivity contribution in [1.29, 1.82) is 0 Å². The van der Waals surface area contributed by atoms with Crippen LogP contribution in [-0.4, -0.2) is 40.5 Å². The maximum Gasteiger partial charge on any atom is 0.508 e. The highest BCUT2D eigenvalue weighted by molar-refractivity contribution is 5.82. The number of carbonyl (C=O) groups is 2. The van der Waals surface area contributed by atoms with E-state index in [1.54, 1.807) is 18.3 Å². The standard InChI is InChI=1S/C23H29NO6/c1-16-7-3-2-4-8-17-13-19(14-20(17)21(25)10-11-22(26)29-16)30-23(27)28-15-18-9-5-6-12-24-18/h4-6,8-12,16-17,19-21,25H,2-3,7,13-15H2,1H3/b8-4+,11-10?/t16-,17+,19-,20+,21+/m0/s1. The highest BCUT2D eigenvalue weighted by Gasteiger charge is 2.38. The first-order valence-electron chi connectivity index (χ1n) is 10.5. The molecule has 0 aromatic carbocycles. The van der Waals surface area contributed by atoms with Gasteiger partial charge in [0.15, 0.2) is 0 Å². The van der Waals surface area contributed by atoms with E-state index in [1.807, 2.05) is 13.0 Å². The van der Waals surface area contributed by atoms with E-state index < -0.39 is 18.2 Å². The molecule has 1 aliphatic heterocycles. The molecule has 0 unspecified atom stereocenters. The molecule has 1 aromatic rings. The van der Waals surface area contributed by atoms with Crippen molar-refractivity contribution < 1.29 is 28.9 Å². The van der Waals surface area contributed by atoms with E-state index in [1.165, 1.54) is 12.2 Å². The molecule has 2 heterocycles. The lowest BCUT2D eigenvalue weighted by Gasteiger charge is -2.19. The zero-order valence-electron chi connectivity index (χ0n) is 17.2. The van der Waals surface area contributed by atoms with E-state index in [0.717, 1.165) is 19.3 Å². The number of allylic oxidation sites excluding steroid dienone is 2. The molecule has 1 aromatic heterocycles. The van der Waals surface area contributed by atoms with Crippen LogP contribution in [0.15, 0.2) is 48.7 Å². The minimum Gasteiger partial charge on any atom is -0.460 e. The molecule has 0 amide bonds. The Morgan fingerprint density at radius 3 is 2.97 bits per heavy atom. The van der Waals surface area contributed by atoms with Crippen LogP contribution in [0.2, 0.25) is 0 Å². The third-order valence-corrected chi connectivity index (χ3v) is 5.50. The fourth-order valence-electron chi connectivity index (χ4n) is 3.96. The summed E-state index contributed by atoms with van der Waals surface area (Å²) in [6.07, 6.45) is 10.2. The number of nitrogens with zero attached hydrogens (tertiary/aromatic N) is 1. The molecule has 30 heavy (non-hydrogen) atoms. The van der Waals surface area contributed by atoms with Crippen LogP contribution in [0.25, 0.3) is 0 Å². The average molecular weight is 415 g/mol. The summed E-state index contributed by atoms with van der Waals surface area (Å²) in [5.74, 6) is -0.557. The van der Waals surface area contributed by atoms with Gasteiger partial charge in [0.1, 0.15) is 12.7 Å². The molecular formula is C23H29NO6. The molecule has 162 valence electrons. The van der Waals surface area contributed by atoms with E-state index in [9.17, 15) is 14.7 Å². The van der Waals surface area contributed by atoms with Crippen LogP contribution in [0.3, 0.4) is 0 Å². The highest BCUT2D eigenvalue weighted by Crippen LogP contribution is 2.38. The van der Waals surface area contributed by atoms with Crippen LogP contribution < -0.4 is 0 Å². The average Bonchev–Trinajstić information content (AvgIpc) is 3.13. The lowest BCUT2D eigenvalue weighted by molar-refractivity contribution is -0.142. The fourth-order valence-corrected chi connectivity index (χ4v) is 3.96. The number of cyclic esters (lactones) is 1. The minimum atomic E-state index is -0.832. The number of hydrogen-bond donors (Lipinski definition) is 1. The number of rotatable bonds is 3. The molecule has 1 aliphatic carbocycles. The van der Waals surface area contributed by atoms with E-state index in [4.69, 9.17) is 14.2 Å². The molecule has 0 radical (unpaired) electrons. The van der Waals surface area contributed by atoms with E-state index >= 15 is 0 Å². The quantitative estimate of drug-likeness (QED) is 0.594. The van der Waals surface area contributed by atoms with Gasteiger partial charge < -0.3 is 19.3 Å². The molecular weight excluding hydrogens is 386 g/mol.